The molecule has 0 aliphatic carbocycles. The van der Waals surface area contributed by atoms with E-state index in [0.717, 1.165) is 33.7 Å². The lowest BCUT2D eigenvalue weighted by Gasteiger charge is -2.12. The van der Waals surface area contributed by atoms with E-state index in [1.807, 2.05) is 61.5 Å². The minimum Gasteiger partial charge on any atom is -0.497 e. The van der Waals surface area contributed by atoms with Gasteiger partial charge in [0, 0.05) is 11.3 Å². The molecule has 5 rings (SSSR count). The number of nitrogens with zero attached hydrogens (tertiary/aromatic N) is 1. The maximum absolute atomic E-state index is 13.2. The topological polar surface area (TPSA) is 74.7 Å². The van der Waals surface area contributed by atoms with Crippen molar-refractivity contribution in [2.45, 2.75) is 18.6 Å². The number of methoxy groups -OCH3 is 1. The van der Waals surface area contributed by atoms with Gasteiger partial charge < -0.3 is 18.3 Å². The van der Waals surface area contributed by atoms with Gasteiger partial charge in [-0.2, -0.15) is 0 Å². The molecule has 172 valence electrons. The summed E-state index contributed by atoms with van der Waals surface area (Å²) >= 11 is 1.53. The van der Waals surface area contributed by atoms with E-state index in [-0.39, 0.29) is 11.2 Å². The predicted molar refractivity (Wildman–Crippen MR) is 134 cm³/mol. The second kappa shape index (κ2) is 9.65. The van der Waals surface area contributed by atoms with Crippen molar-refractivity contribution in [3.05, 3.63) is 82.5 Å². The van der Waals surface area contributed by atoms with Crippen molar-refractivity contribution >= 4 is 33.8 Å². The molecule has 0 amide bonds. The molecular weight excluding hydrogens is 450 g/mol. The molecule has 0 aliphatic rings. The molecule has 0 radical (unpaired) electrons. The van der Waals surface area contributed by atoms with Gasteiger partial charge >= 0.3 is 0 Å². The van der Waals surface area contributed by atoms with Crippen LogP contribution in [-0.4, -0.2) is 24.5 Å². The summed E-state index contributed by atoms with van der Waals surface area (Å²) in [7, 11) is 1.61. The molecule has 3 aromatic carbocycles. The number of aryl methyl sites for hydroxylation is 1. The van der Waals surface area contributed by atoms with Crippen LogP contribution in [0.25, 0.3) is 33.4 Å². The Balaban J connectivity index is 1.32. The number of hydrogen-bond donors (Lipinski definition) is 0. The van der Waals surface area contributed by atoms with Crippen molar-refractivity contribution in [2.24, 2.45) is 0 Å². The molecule has 0 fully saturated rings. The molecule has 2 aromatic heterocycles. The van der Waals surface area contributed by atoms with Gasteiger partial charge in [-0.3, -0.25) is 4.79 Å². The molecule has 0 unspecified atom stereocenters. The van der Waals surface area contributed by atoms with Gasteiger partial charge in [-0.25, -0.2) is 4.98 Å². The number of thioether (sulfide) groups is 1. The van der Waals surface area contributed by atoms with Crippen LogP contribution in [0.5, 0.6) is 11.5 Å². The Kier molecular flexibility index (Phi) is 6.27. The first-order chi connectivity index (χ1) is 16.6. The van der Waals surface area contributed by atoms with E-state index in [1.54, 1.807) is 19.2 Å². The number of oxazole rings is 1. The maximum atomic E-state index is 13.2. The lowest BCUT2D eigenvalue weighted by Crippen LogP contribution is -2.11. The summed E-state index contributed by atoms with van der Waals surface area (Å²) in [6.07, 6.45) is 0.705. The first-order valence-corrected chi connectivity index (χ1v) is 11.9. The number of aromatic nitrogens is 1. The Morgan fingerprint density at radius 2 is 1.79 bits per heavy atom. The summed E-state index contributed by atoms with van der Waals surface area (Å²) in [6.45, 7) is 2.39. The van der Waals surface area contributed by atoms with Gasteiger partial charge in [-0.15, -0.1) is 0 Å². The number of para-hydroxylation sites is 1. The van der Waals surface area contributed by atoms with Crippen LogP contribution in [0.2, 0.25) is 0 Å². The Morgan fingerprint density at radius 3 is 2.62 bits per heavy atom. The van der Waals surface area contributed by atoms with E-state index in [0.29, 0.717) is 35.0 Å². The zero-order valence-corrected chi connectivity index (χ0v) is 19.7. The SMILES string of the molecule is COc1ccc(-c2oc3ccccc3c(=O)c2OCCCSc2nc3cc(C)ccc3o2)cc1. The average molecular weight is 474 g/mol. The number of benzene rings is 3. The molecular formula is C27H23NO5S. The van der Waals surface area contributed by atoms with Crippen LogP contribution in [0.3, 0.4) is 0 Å². The standard InChI is InChI=1S/C27H23NO5S/c1-17-8-13-23-21(16-17)28-27(33-23)34-15-5-14-31-26-24(29)20-6-3-4-7-22(20)32-25(26)18-9-11-19(30-2)12-10-18/h3-4,6-13,16H,5,14-15H2,1-2H3. The Hall–Kier alpha value is -3.71. The number of fused-ring (bicyclic) bond motifs is 2. The van der Waals surface area contributed by atoms with Crippen LogP contribution in [0.1, 0.15) is 12.0 Å². The maximum Gasteiger partial charge on any atom is 0.256 e. The van der Waals surface area contributed by atoms with Gasteiger partial charge in [0.2, 0.25) is 11.2 Å². The van der Waals surface area contributed by atoms with Gasteiger partial charge in [-0.1, -0.05) is 30.0 Å². The average Bonchev–Trinajstić information content (AvgIpc) is 3.27. The summed E-state index contributed by atoms with van der Waals surface area (Å²) in [5.74, 6) is 2.09. The van der Waals surface area contributed by atoms with Crippen LogP contribution in [0.15, 0.2) is 85.6 Å². The second-order valence-electron chi connectivity index (χ2n) is 7.82. The molecule has 0 spiro atoms. The quantitative estimate of drug-likeness (QED) is 0.189. The normalized spacial score (nSPS) is 11.2. The Labute approximate surface area is 200 Å². The first kappa shape index (κ1) is 22.1. The van der Waals surface area contributed by atoms with Crippen LogP contribution in [0.4, 0.5) is 0 Å². The van der Waals surface area contributed by atoms with E-state index in [1.165, 1.54) is 11.8 Å². The van der Waals surface area contributed by atoms with Crippen LogP contribution < -0.4 is 14.9 Å². The summed E-state index contributed by atoms with van der Waals surface area (Å²) in [4.78, 5) is 17.7. The smallest absolute Gasteiger partial charge is 0.256 e. The lowest BCUT2D eigenvalue weighted by atomic mass is 10.1. The number of rotatable bonds is 8. The predicted octanol–water partition coefficient (Wildman–Crippen LogP) is 6.48. The molecule has 0 N–H and O–H groups in total. The molecule has 0 bridgehead atoms. The molecule has 6 nitrogen and oxygen atoms in total. The van der Waals surface area contributed by atoms with Crippen molar-refractivity contribution in [1.82, 2.24) is 4.98 Å². The van der Waals surface area contributed by atoms with Crippen LogP contribution in [0, 0.1) is 6.92 Å². The third-order valence-electron chi connectivity index (χ3n) is 5.39. The fourth-order valence-corrected chi connectivity index (χ4v) is 4.41. The van der Waals surface area contributed by atoms with Gasteiger partial charge in [0.1, 0.15) is 16.8 Å². The Bertz CT molecular complexity index is 1500. The minimum atomic E-state index is -0.186. The molecule has 0 aliphatic heterocycles. The minimum absolute atomic E-state index is 0.186. The first-order valence-electron chi connectivity index (χ1n) is 11.0. The van der Waals surface area contributed by atoms with Crippen molar-refractivity contribution in [1.29, 1.82) is 0 Å². The molecule has 0 atom stereocenters. The third kappa shape index (κ3) is 4.52. The fourth-order valence-electron chi connectivity index (χ4n) is 3.66. The molecule has 0 saturated carbocycles. The summed E-state index contributed by atoms with van der Waals surface area (Å²) < 4.78 is 23.1. The van der Waals surface area contributed by atoms with Gasteiger partial charge in [0.25, 0.3) is 5.22 Å². The highest BCUT2D eigenvalue weighted by Gasteiger charge is 2.18. The highest BCUT2D eigenvalue weighted by molar-refractivity contribution is 7.99. The Morgan fingerprint density at radius 1 is 0.971 bits per heavy atom. The van der Waals surface area contributed by atoms with Gasteiger partial charge in [0.05, 0.1) is 19.1 Å². The highest BCUT2D eigenvalue weighted by Crippen LogP contribution is 2.32. The van der Waals surface area contributed by atoms with Crippen molar-refractivity contribution < 1.29 is 18.3 Å². The summed E-state index contributed by atoms with van der Waals surface area (Å²) in [5, 5.41) is 1.12. The van der Waals surface area contributed by atoms with Crippen molar-refractivity contribution in [2.75, 3.05) is 19.5 Å². The van der Waals surface area contributed by atoms with Crippen LogP contribution >= 0.6 is 11.8 Å². The molecule has 7 heteroatoms. The largest absolute Gasteiger partial charge is 0.497 e. The summed E-state index contributed by atoms with van der Waals surface area (Å²) in [5.41, 5.74) is 3.86. The van der Waals surface area contributed by atoms with Crippen LogP contribution in [-0.2, 0) is 0 Å². The monoisotopic (exact) mass is 473 g/mol. The van der Waals surface area contributed by atoms with E-state index in [4.69, 9.17) is 18.3 Å². The van der Waals surface area contributed by atoms with Crippen molar-refractivity contribution in [3.63, 3.8) is 0 Å². The molecule has 2 heterocycles. The zero-order valence-electron chi connectivity index (χ0n) is 18.9. The molecule has 5 aromatic rings. The van der Waals surface area contributed by atoms with E-state index in [2.05, 4.69) is 4.98 Å². The zero-order chi connectivity index (χ0) is 23.5. The molecule has 0 saturated heterocycles. The van der Waals surface area contributed by atoms with E-state index in [9.17, 15) is 4.79 Å². The number of ether oxygens (including phenoxy) is 2. The lowest BCUT2D eigenvalue weighted by molar-refractivity contribution is 0.310. The van der Waals surface area contributed by atoms with Gasteiger partial charge in [0.15, 0.2) is 11.3 Å². The van der Waals surface area contributed by atoms with E-state index >= 15 is 0 Å². The third-order valence-corrected chi connectivity index (χ3v) is 6.31. The molecule has 34 heavy (non-hydrogen) atoms. The van der Waals surface area contributed by atoms with Crippen molar-refractivity contribution in [3.8, 4) is 22.8 Å². The van der Waals surface area contributed by atoms with E-state index < -0.39 is 0 Å². The highest BCUT2D eigenvalue weighted by atomic mass is 32.2. The fraction of sp³-hybridized carbons (Fsp3) is 0.185. The second-order valence-corrected chi connectivity index (χ2v) is 8.86. The summed E-state index contributed by atoms with van der Waals surface area (Å²) in [6, 6.07) is 20.5. The number of hydrogen-bond acceptors (Lipinski definition) is 7. The van der Waals surface area contributed by atoms with Gasteiger partial charge in [-0.05, 0) is 67.4 Å².